The number of hydrogen-bond acceptors (Lipinski definition) is 3. The summed E-state index contributed by atoms with van der Waals surface area (Å²) >= 11 is 6.27. The van der Waals surface area contributed by atoms with Crippen LogP contribution in [0.2, 0.25) is 5.02 Å². The maximum absolute atomic E-state index is 13.4. The van der Waals surface area contributed by atoms with Crippen molar-refractivity contribution in [1.82, 2.24) is 5.32 Å². The smallest absolute Gasteiger partial charge is 0.387 e. The van der Waals surface area contributed by atoms with Gasteiger partial charge in [0.15, 0.2) is 11.0 Å². The lowest BCUT2D eigenvalue weighted by atomic mass is 10.2. The monoisotopic (exact) mass is 492 g/mol. The van der Waals surface area contributed by atoms with Gasteiger partial charge in [-0.1, -0.05) is 47.5 Å². The van der Waals surface area contributed by atoms with E-state index in [1.54, 1.807) is 49.4 Å². The van der Waals surface area contributed by atoms with E-state index in [-0.39, 0.29) is 24.7 Å². The molecule has 1 unspecified atom stereocenters. The van der Waals surface area contributed by atoms with Gasteiger partial charge in [-0.05, 0) is 61.4 Å². The first-order valence-electron chi connectivity index (χ1n) is 10.1. The van der Waals surface area contributed by atoms with Gasteiger partial charge >= 0.3 is 6.61 Å². The van der Waals surface area contributed by atoms with Gasteiger partial charge in [0.1, 0.15) is 12.3 Å². The number of carbonyl (C=O) groups excluding carboxylic acids is 1. The number of hydrogen-bond donors (Lipinski definition) is 1. The Morgan fingerprint density at radius 2 is 1.73 bits per heavy atom. The average Bonchev–Trinajstić information content (AvgIpc) is 2.79. The highest BCUT2D eigenvalue weighted by Crippen LogP contribution is 2.29. The van der Waals surface area contributed by atoms with Crippen LogP contribution in [0.3, 0.4) is 0 Å². The first-order chi connectivity index (χ1) is 15.7. The summed E-state index contributed by atoms with van der Waals surface area (Å²) in [6, 6.07) is 18.5. The molecule has 0 saturated heterocycles. The van der Waals surface area contributed by atoms with Gasteiger partial charge < -0.3 is 10.1 Å². The largest absolute Gasteiger partial charge is 0.435 e. The van der Waals surface area contributed by atoms with Crippen molar-refractivity contribution >= 4 is 34.2 Å². The zero-order valence-corrected chi connectivity index (χ0v) is 19.6. The molecule has 0 heterocycles. The first-order valence-corrected chi connectivity index (χ1v) is 11.5. The molecule has 0 aliphatic carbocycles. The third kappa shape index (κ3) is 6.76. The predicted octanol–water partition coefficient (Wildman–Crippen LogP) is 5.40. The molecular weight excluding hydrogens is 470 g/mol. The number of anilines is 1. The molecule has 3 aromatic rings. The van der Waals surface area contributed by atoms with Gasteiger partial charge in [-0.2, -0.15) is 8.78 Å². The van der Waals surface area contributed by atoms with Gasteiger partial charge in [-0.3, -0.25) is 9.10 Å². The van der Waals surface area contributed by atoms with Crippen LogP contribution in [0.4, 0.5) is 14.5 Å². The average molecular weight is 493 g/mol. The minimum atomic E-state index is -2.90. The van der Waals surface area contributed by atoms with Crippen molar-refractivity contribution in [1.29, 1.82) is 0 Å². The fourth-order valence-electron chi connectivity index (χ4n) is 3.06. The molecule has 0 bridgehead atoms. The SMILES string of the molecule is Cc1ccc(S(=O)N(CC(=O)NCc2ccc(OC(F)F)cc2)c2cccc(Cl)c2C)cc1. The predicted molar refractivity (Wildman–Crippen MR) is 126 cm³/mol. The van der Waals surface area contributed by atoms with Crippen LogP contribution in [0, 0.1) is 13.8 Å². The van der Waals surface area contributed by atoms with Crippen LogP contribution in [0.1, 0.15) is 16.7 Å². The number of nitrogens with one attached hydrogen (secondary N) is 1. The van der Waals surface area contributed by atoms with E-state index in [1.165, 1.54) is 16.4 Å². The van der Waals surface area contributed by atoms with Gasteiger partial charge in [-0.25, -0.2) is 4.21 Å². The topological polar surface area (TPSA) is 58.6 Å². The van der Waals surface area contributed by atoms with E-state index in [0.29, 0.717) is 26.7 Å². The molecule has 0 aliphatic heterocycles. The second-order valence-corrected chi connectivity index (χ2v) is 9.10. The van der Waals surface area contributed by atoms with E-state index in [4.69, 9.17) is 11.6 Å². The Hall–Kier alpha value is -2.97. The van der Waals surface area contributed by atoms with Crippen LogP contribution in [0.15, 0.2) is 71.6 Å². The summed E-state index contributed by atoms with van der Waals surface area (Å²) in [5.74, 6) is -0.320. The number of amides is 1. The summed E-state index contributed by atoms with van der Waals surface area (Å²) in [7, 11) is -1.65. The summed E-state index contributed by atoms with van der Waals surface area (Å²) in [6.07, 6.45) is 0. The number of halogens is 3. The summed E-state index contributed by atoms with van der Waals surface area (Å²) in [5.41, 5.74) is 3.03. The number of alkyl halides is 2. The molecule has 0 saturated carbocycles. The van der Waals surface area contributed by atoms with Crippen molar-refractivity contribution in [2.45, 2.75) is 31.9 Å². The van der Waals surface area contributed by atoms with Crippen LogP contribution in [-0.4, -0.2) is 23.3 Å². The van der Waals surface area contributed by atoms with Crippen molar-refractivity contribution in [2.75, 3.05) is 10.8 Å². The van der Waals surface area contributed by atoms with Crippen LogP contribution < -0.4 is 14.4 Å². The molecule has 1 amide bonds. The van der Waals surface area contributed by atoms with Crippen LogP contribution >= 0.6 is 11.6 Å². The number of nitrogens with zero attached hydrogens (tertiary/aromatic N) is 1. The van der Waals surface area contributed by atoms with E-state index < -0.39 is 17.6 Å². The Balaban J connectivity index is 1.75. The van der Waals surface area contributed by atoms with E-state index in [9.17, 15) is 17.8 Å². The highest BCUT2D eigenvalue weighted by molar-refractivity contribution is 7.86. The molecule has 3 aromatic carbocycles. The zero-order valence-electron chi connectivity index (χ0n) is 18.1. The minimum absolute atomic E-state index is 0.0381. The van der Waals surface area contributed by atoms with Crippen LogP contribution in [0.25, 0.3) is 0 Å². The van der Waals surface area contributed by atoms with Gasteiger partial charge in [0.25, 0.3) is 0 Å². The molecule has 174 valence electrons. The van der Waals surface area contributed by atoms with Crippen molar-refractivity contribution < 1.29 is 22.5 Å². The third-order valence-corrected chi connectivity index (χ3v) is 6.67. The van der Waals surface area contributed by atoms with Gasteiger partial charge in [-0.15, -0.1) is 0 Å². The Labute approximate surface area is 198 Å². The van der Waals surface area contributed by atoms with Crippen molar-refractivity contribution in [3.05, 3.63) is 88.4 Å². The van der Waals surface area contributed by atoms with Gasteiger partial charge in [0.05, 0.1) is 10.6 Å². The molecule has 0 spiro atoms. The molecule has 0 aromatic heterocycles. The molecule has 0 fully saturated rings. The van der Waals surface area contributed by atoms with Crippen LogP contribution in [-0.2, 0) is 22.3 Å². The molecule has 9 heteroatoms. The van der Waals surface area contributed by atoms with Crippen molar-refractivity contribution in [2.24, 2.45) is 0 Å². The summed E-state index contributed by atoms with van der Waals surface area (Å²) < 4.78 is 43.8. The quantitative estimate of drug-likeness (QED) is 0.435. The fraction of sp³-hybridized carbons (Fsp3) is 0.208. The zero-order chi connectivity index (χ0) is 24.0. The summed E-state index contributed by atoms with van der Waals surface area (Å²) in [6.45, 7) is 0.843. The number of aryl methyl sites for hydroxylation is 1. The first kappa shape index (κ1) is 24.7. The van der Waals surface area contributed by atoms with Crippen molar-refractivity contribution in [3.8, 4) is 5.75 Å². The van der Waals surface area contributed by atoms with Crippen molar-refractivity contribution in [3.63, 3.8) is 0 Å². The molecule has 3 rings (SSSR count). The molecular formula is C24H23ClF2N2O3S. The summed E-state index contributed by atoms with van der Waals surface area (Å²) in [4.78, 5) is 13.3. The number of carbonyl (C=O) groups is 1. The minimum Gasteiger partial charge on any atom is -0.435 e. The second kappa shape index (κ2) is 11.2. The lowest BCUT2D eigenvalue weighted by Gasteiger charge is -2.25. The molecule has 1 N–H and O–H groups in total. The maximum Gasteiger partial charge on any atom is 0.387 e. The lowest BCUT2D eigenvalue weighted by Crippen LogP contribution is -2.38. The van der Waals surface area contributed by atoms with E-state index in [0.717, 1.165) is 5.56 Å². The van der Waals surface area contributed by atoms with Gasteiger partial charge in [0, 0.05) is 11.6 Å². The Bertz CT molecular complexity index is 1130. The molecule has 0 aliphatic rings. The van der Waals surface area contributed by atoms with E-state index >= 15 is 0 Å². The molecule has 1 atom stereocenters. The third-order valence-electron chi connectivity index (χ3n) is 4.86. The maximum atomic E-state index is 13.4. The highest BCUT2D eigenvalue weighted by Gasteiger charge is 2.22. The fourth-order valence-corrected chi connectivity index (χ4v) is 4.46. The second-order valence-electron chi connectivity index (χ2n) is 7.28. The number of benzene rings is 3. The highest BCUT2D eigenvalue weighted by atomic mass is 35.5. The van der Waals surface area contributed by atoms with E-state index in [1.807, 2.05) is 19.1 Å². The Kier molecular flexibility index (Phi) is 8.41. The Morgan fingerprint density at radius 1 is 1.06 bits per heavy atom. The normalized spacial score (nSPS) is 11.8. The molecule has 33 heavy (non-hydrogen) atoms. The molecule has 5 nitrogen and oxygen atoms in total. The Morgan fingerprint density at radius 3 is 2.36 bits per heavy atom. The number of ether oxygens (including phenoxy) is 1. The van der Waals surface area contributed by atoms with E-state index in [2.05, 4.69) is 10.1 Å². The summed E-state index contributed by atoms with van der Waals surface area (Å²) in [5, 5.41) is 3.28. The number of rotatable bonds is 9. The molecule has 0 radical (unpaired) electrons. The van der Waals surface area contributed by atoms with Gasteiger partial charge in [0.2, 0.25) is 5.91 Å². The standard InChI is InChI=1S/C24H23ClF2N2O3S/c1-16-6-12-20(13-7-16)33(31)29(22-5-3-4-21(25)17(22)2)15-23(30)28-14-18-8-10-19(11-9-18)32-24(26)27/h3-13,24H,14-15H2,1-2H3,(H,28,30). The van der Waals surface area contributed by atoms with Crippen LogP contribution in [0.5, 0.6) is 5.75 Å². The lowest BCUT2D eigenvalue weighted by molar-refractivity contribution is -0.119.